The van der Waals surface area contributed by atoms with E-state index in [1.165, 1.54) is 64.7 Å². The summed E-state index contributed by atoms with van der Waals surface area (Å²) < 4.78 is 0. The molecule has 0 heterocycles. The van der Waals surface area contributed by atoms with Crippen LogP contribution in [0, 0.1) is 0 Å². The summed E-state index contributed by atoms with van der Waals surface area (Å²) >= 11 is 0. The Morgan fingerprint density at radius 1 is 0.897 bits per heavy atom. The molecule has 1 rings (SSSR count). The zero-order valence-electron chi connectivity index (χ0n) is 18.1. The first-order valence-electron chi connectivity index (χ1n) is 11.2. The van der Waals surface area contributed by atoms with Gasteiger partial charge in [0.1, 0.15) is 11.7 Å². The lowest BCUT2D eigenvalue weighted by Crippen LogP contribution is -2.48. The van der Waals surface area contributed by atoms with E-state index >= 15 is 0 Å². The van der Waals surface area contributed by atoms with E-state index in [9.17, 15) is 20.1 Å². The molecular formula is C24H40O5. The van der Waals surface area contributed by atoms with Gasteiger partial charge in [0.2, 0.25) is 0 Å². The van der Waals surface area contributed by atoms with Gasteiger partial charge in [-0.3, -0.25) is 4.79 Å². The van der Waals surface area contributed by atoms with Crippen LogP contribution in [0.3, 0.4) is 0 Å². The molecule has 0 spiro atoms. The number of rotatable bonds is 16. The van der Waals surface area contributed by atoms with Gasteiger partial charge in [0, 0.05) is 0 Å². The van der Waals surface area contributed by atoms with Crippen molar-refractivity contribution in [2.75, 3.05) is 0 Å². The largest absolute Gasteiger partial charge is 0.481 e. The van der Waals surface area contributed by atoms with Crippen LogP contribution >= 0.6 is 0 Å². The summed E-state index contributed by atoms with van der Waals surface area (Å²) in [6, 6.07) is 7.20. The molecule has 0 fully saturated rings. The van der Waals surface area contributed by atoms with Gasteiger partial charge in [0.05, 0.1) is 12.5 Å². The molecule has 3 unspecified atom stereocenters. The van der Waals surface area contributed by atoms with E-state index in [1.54, 1.807) is 12.1 Å². The molecule has 0 amide bonds. The molecule has 5 nitrogen and oxygen atoms in total. The lowest BCUT2D eigenvalue weighted by atomic mass is 9.83. The van der Waals surface area contributed by atoms with Gasteiger partial charge in [-0.2, -0.15) is 0 Å². The summed E-state index contributed by atoms with van der Waals surface area (Å²) in [7, 11) is 0. The summed E-state index contributed by atoms with van der Waals surface area (Å²) in [4.78, 5) is 11.0. The molecule has 0 aliphatic heterocycles. The maximum absolute atomic E-state index is 11.0. The number of carboxylic acid groups (broad SMARTS) is 1. The van der Waals surface area contributed by atoms with Gasteiger partial charge >= 0.3 is 5.97 Å². The Bertz CT molecular complexity index is 569. The molecule has 166 valence electrons. The second-order valence-corrected chi connectivity index (χ2v) is 8.31. The van der Waals surface area contributed by atoms with Crippen LogP contribution in [0.25, 0.3) is 0 Å². The molecule has 0 radical (unpaired) electrons. The van der Waals surface area contributed by atoms with Crippen molar-refractivity contribution in [1.82, 2.24) is 0 Å². The molecule has 29 heavy (non-hydrogen) atoms. The quantitative estimate of drug-likeness (QED) is 0.295. The van der Waals surface area contributed by atoms with Crippen LogP contribution in [0.1, 0.15) is 102 Å². The minimum atomic E-state index is -2.12. The van der Waals surface area contributed by atoms with E-state index in [1.807, 2.05) is 12.1 Å². The Morgan fingerprint density at radius 3 is 1.83 bits per heavy atom. The monoisotopic (exact) mass is 408 g/mol. The molecule has 0 aliphatic carbocycles. The summed E-state index contributed by atoms with van der Waals surface area (Å²) in [6.45, 7) is 3.52. The fraction of sp³-hybridized carbons (Fsp3) is 0.708. The number of aliphatic carboxylic acids is 1. The Labute approximate surface area is 175 Å². The fourth-order valence-electron chi connectivity index (χ4n) is 3.69. The predicted molar refractivity (Wildman–Crippen MR) is 116 cm³/mol. The highest BCUT2D eigenvalue weighted by Gasteiger charge is 2.43. The average Bonchev–Trinajstić information content (AvgIpc) is 2.68. The number of carboxylic acids is 1. The van der Waals surface area contributed by atoms with Crippen molar-refractivity contribution >= 4 is 5.97 Å². The topological polar surface area (TPSA) is 98.0 Å². The Balaban J connectivity index is 2.37. The molecule has 5 heteroatoms. The molecule has 0 saturated carbocycles. The first-order valence-corrected chi connectivity index (χ1v) is 11.2. The van der Waals surface area contributed by atoms with Gasteiger partial charge in [-0.25, -0.2) is 0 Å². The molecule has 0 bridgehead atoms. The number of aryl methyl sites for hydroxylation is 1. The molecule has 1 aromatic rings. The summed E-state index contributed by atoms with van der Waals surface area (Å²) in [5.74, 6) is -1.27. The van der Waals surface area contributed by atoms with Crippen LogP contribution in [-0.4, -0.2) is 38.1 Å². The zero-order valence-corrected chi connectivity index (χ0v) is 18.1. The second-order valence-electron chi connectivity index (χ2n) is 8.31. The van der Waals surface area contributed by atoms with Gasteiger partial charge in [-0.1, -0.05) is 89.0 Å². The second kappa shape index (κ2) is 13.7. The molecule has 3 atom stereocenters. The van der Waals surface area contributed by atoms with Crippen LogP contribution in [0.15, 0.2) is 24.3 Å². The number of unbranched alkanes of at least 4 members (excludes halogenated alkanes) is 9. The molecule has 1 aromatic carbocycles. The number of aliphatic hydroxyl groups is 3. The van der Waals surface area contributed by atoms with Gasteiger partial charge in [0.15, 0.2) is 0 Å². The third-order valence-electron chi connectivity index (χ3n) is 5.75. The Kier molecular flexibility index (Phi) is 12.1. The summed E-state index contributed by atoms with van der Waals surface area (Å²) in [6.07, 6.45) is 10.4. The van der Waals surface area contributed by atoms with Crippen molar-refractivity contribution in [1.29, 1.82) is 0 Å². The van der Waals surface area contributed by atoms with Crippen LogP contribution < -0.4 is 0 Å². The van der Waals surface area contributed by atoms with Crippen LogP contribution in [-0.2, 0) is 11.2 Å². The van der Waals surface area contributed by atoms with Crippen molar-refractivity contribution in [3.63, 3.8) is 0 Å². The van der Waals surface area contributed by atoms with E-state index in [4.69, 9.17) is 5.11 Å². The average molecular weight is 409 g/mol. The smallest absolute Gasteiger partial charge is 0.306 e. The lowest BCUT2D eigenvalue weighted by molar-refractivity contribution is -0.169. The molecule has 0 aliphatic rings. The first kappa shape index (κ1) is 25.6. The van der Waals surface area contributed by atoms with Crippen molar-refractivity contribution in [2.24, 2.45) is 0 Å². The van der Waals surface area contributed by atoms with E-state index in [-0.39, 0.29) is 0 Å². The summed E-state index contributed by atoms with van der Waals surface area (Å²) in [5.41, 5.74) is -0.565. The minimum Gasteiger partial charge on any atom is -0.481 e. The molecule has 4 N–H and O–H groups in total. The van der Waals surface area contributed by atoms with Gasteiger partial charge < -0.3 is 20.4 Å². The highest BCUT2D eigenvalue weighted by molar-refractivity contribution is 5.68. The number of carbonyl (C=O) groups is 1. The van der Waals surface area contributed by atoms with Gasteiger partial charge in [-0.15, -0.1) is 0 Å². The number of aliphatic hydroxyl groups excluding tert-OH is 2. The standard InChI is InChI=1S/C24H40O5/c1-3-4-5-6-7-8-9-10-11-12-13-20-14-16-21(17-15-20)23(28)24(29,19(2)25)18-22(26)27/h14-17,19,23,25,28-29H,3-13,18H2,1-2H3,(H,26,27). The zero-order chi connectivity index (χ0) is 21.7. The van der Waals surface area contributed by atoms with Crippen molar-refractivity contribution in [2.45, 2.75) is 109 Å². The predicted octanol–water partition coefficient (Wildman–Crippen LogP) is 4.77. The van der Waals surface area contributed by atoms with Crippen LogP contribution in [0.2, 0.25) is 0 Å². The maximum Gasteiger partial charge on any atom is 0.306 e. The Hall–Kier alpha value is -1.43. The normalized spacial score (nSPS) is 15.6. The third kappa shape index (κ3) is 9.28. The van der Waals surface area contributed by atoms with Gasteiger partial charge in [-0.05, 0) is 30.9 Å². The van der Waals surface area contributed by atoms with Gasteiger partial charge in [0.25, 0.3) is 0 Å². The lowest BCUT2D eigenvalue weighted by Gasteiger charge is -2.34. The first-order chi connectivity index (χ1) is 13.8. The highest BCUT2D eigenvalue weighted by Crippen LogP contribution is 2.32. The Morgan fingerprint density at radius 2 is 1.38 bits per heavy atom. The highest BCUT2D eigenvalue weighted by atomic mass is 16.4. The molecular weight excluding hydrogens is 368 g/mol. The number of hydrogen-bond donors (Lipinski definition) is 4. The maximum atomic E-state index is 11.0. The fourth-order valence-corrected chi connectivity index (χ4v) is 3.69. The van der Waals surface area contributed by atoms with Crippen LogP contribution in [0.5, 0.6) is 0 Å². The molecule has 0 aromatic heterocycles. The van der Waals surface area contributed by atoms with E-state index in [2.05, 4.69) is 6.92 Å². The minimum absolute atomic E-state index is 0.404. The van der Waals surface area contributed by atoms with Crippen molar-refractivity contribution < 1.29 is 25.2 Å². The van der Waals surface area contributed by atoms with E-state index in [0.717, 1.165) is 18.4 Å². The van der Waals surface area contributed by atoms with E-state index in [0.29, 0.717) is 5.56 Å². The molecule has 0 saturated heterocycles. The summed E-state index contributed by atoms with van der Waals surface area (Å²) in [5, 5.41) is 39.7. The third-order valence-corrected chi connectivity index (χ3v) is 5.75. The SMILES string of the molecule is CCCCCCCCCCCCc1ccc(C(O)C(O)(CC(=O)O)C(C)O)cc1. The van der Waals surface area contributed by atoms with Crippen LogP contribution in [0.4, 0.5) is 0 Å². The van der Waals surface area contributed by atoms with E-state index < -0.39 is 30.2 Å². The number of hydrogen-bond acceptors (Lipinski definition) is 4. The number of benzene rings is 1. The van der Waals surface area contributed by atoms with Crippen molar-refractivity contribution in [3.8, 4) is 0 Å². The van der Waals surface area contributed by atoms with Crippen molar-refractivity contribution in [3.05, 3.63) is 35.4 Å².